The van der Waals surface area contributed by atoms with Crippen molar-refractivity contribution in [2.45, 2.75) is 46.8 Å². The van der Waals surface area contributed by atoms with Crippen molar-refractivity contribution in [2.75, 3.05) is 14.1 Å². The van der Waals surface area contributed by atoms with Crippen molar-refractivity contribution < 1.29 is 9.59 Å². The van der Waals surface area contributed by atoms with Crippen LogP contribution in [0.3, 0.4) is 0 Å². The molecular weight excluding hydrogens is 362 g/mol. The molecule has 29 heavy (non-hydrogen) atoms. The normalized spacial score (nSPS) is 12.5. The van der Waals surface area contributed by atoms with Crippen LogP contribution in [0.15, 0.2) is 48.5 Å². The van der Waals surface area contributed by atoms with Crippen LogP contribution in [0, 0.1) is 5.41 Å². The fourth-order valence-corrected chi connectivity index (χ4v) is 2.93. The molecule has 0 saturated heterocycles. The summed E-state index contributed by atoms with van der Waals surface area (Å²) < 4.78 is 0. The van der Waals surface area contributed by atoms with E-state index in [1.165, 1.54) is 5.56 Å². The van der Waals surface area contributed by atoms with E-state index in [0.29, 0.717) is 6.54 Å². The average molecular weight is 396 g/mol. The fourth-order valence-electron chi connectivity index (χ4n) is 2.93. The first-order valence-electron chi connectivity index (χ1n) is 9.98. The summed E-state index contributed by atoms with van der Waals surface area (Å²) in [5, 5.41) is 5.71. The number of carbonyl (C=O) groups is 2. The highest BCUT2D eigenvalue weighted by Crippen LogP contribution is 2.24. The summed E-state index contributed by atoms with van der Waals surface area (Å²) in [6.45, 7) is 8.49. The third-order valence-corrected chi connectivity index (χ3v) is 4.66. The van der Waals surface area contributed by atoms with Crippen molar-refractivity contribution in [3.63, 3.8) is 0 Å². The number of amides is 2. The molecule has 1 atom stereocenters. The Bertz CT molecular complexity index is 836. The lowest BCUT2D eigenvalue weighted by molar-refractivity contribution is -0.133. The van der Waals surface area contributed by atoms with Crippen LogP contribution in [0.25, 0.3) is 11.1 Å². The Balaban J connectivity index is 2.05. The molecule has 1 unspecified atom stereocenters. The van der Waals surface area contributed by atoms with Crippen LogP contribution in [0.5, 0.6) is 0 Å². The van der Waals surface area contributed by atoms with Gasteiger partial charge < -0.3 is 15.5 Å². The number of hydrogen-bond donors (Lipinski definition) is 2. The number of nitrogens with zero attached hydrogens (tertiary/aromatic N) is 1. The van der Waals surface area contributed by atoms with Gasteiger partial charge in [0.1, 0.15) is 6.04 Å². The maximum atomic E-state index is 12.4. The first-order chi connectivity index (χ1) is 13.6. The minimum atomic E-state index is -0.584. The summed E-state index contributed by atoms with van der Waals surface area (Å²) in [6.07, 6.45) is 0. The van der Waals surface area contributed by atoms with Crippen molar-refractivity contribution in [1.29, 1.82) is 0 Å². The van der Waals surface area contributed by atoms with Crippen LogP contribution in [0.4, 0.5) is 0 Å². The number of nitrogens with one attached hydrogen (secondary N) is 2. The van der Waals surface area contributed by atoms with E-state index in [1.807, 2.05) is 39.0 Å². The second kappa shape index (κ2) is 9.70. The molecule has 2 N–H and O–H groups in total. The van der Waals surface area contributed by atoms with Crippen molar-refractivity contribution in [3.05, 3.63) is 59.7 Å². The summed E-state index contributed by atoms with van der Waals surface area (Å²) in [5.74, 6) is -0.336. The molecule has 0 aromatic heterocycles. The summed E-state index contributed by atoms with van der Waals surface area (Å²) in [5.41, 5.74) is 3.98. The van der Waals surface area contributed by atoms with Gasteiger partial charge in [0.15, 0.2) is 0 Å². The van der Waals surface area contributed by atoms with Crippen molar-refractivity contribution in [2.24, 2.45) is 5.41 Å². The SMILES string of the molecule is CC(NC(=O)C(C)(C)C)C(=O)NCc1ccccc1-c1ccc(CN(C)C)cc1. The molecular formula is C24H33N3O2. The highest BCUT2D eigenvalue weighted by atomic mass is 16.2. The standard InChI is InChI=1S/C24H33N3O2/c1-17(26-23(29)24(2,3)4)22(28)25-15-20-9-7-8-10-21(20)19-13-11-18(12-14-19)16-27(5)6/h7-14,17H,15-16H2,1-6H3,(H,25,28)(H,26,29). The third-order valence-electron chi connectivity index (χ3n) is 4.66. The molecule has 2 aromatic carbocycles. The minimum absolute atomic E-state index is 0.140. The zero-order valence-electron chi connectivity index (χ0n) is 18.4. The Morgan fingerprint density at radius 3 is 2.21 bits per heavy atom. The molecule has 0 spiro atoms. The van der Waals surface area contributed by atoms with Crippen LogP contribution in [-0.2, 0) is 22.7 Å². The van der Waals surface area contributed by atoms with E-state index >= 15 is 0 Å². The van der Waals surface area contributed by atoms with Crippen LogP contribution in [-0.4, -0.2) is 36.9 Å². The molecule has 5 heteroatoms. The van der Waals surface area contributed by atoms with E-state index in [9.17, 15) is 9.59 Å². The third kappa shape index (κ3) is 6.71. The maximum absolute atomic E-state index is 12.4. The van der Waals surface area contributed by atoms with Crippen LogP contribution >= 0.6 is 0 Å². The van der Waals surface area contributed by atoms with E-state index in [2.05, 4.69) is 60.0 Å². The molecule has 0 bridgehead atoms. The van der Waals surface area contributed by atoms with Gasteiger partial charge in [-0.25, -0.2) is 0 Å². The van der Waals surface area contributed by atoms with Gasteiger partial charge in [0.05, 0.1) is 0 Å². The Morgan fingerprint density at radius 2 is 1.62 bits per heavy atom. The number of carbonyl (C=O) groups excluding carboxylic acids is 2. The minimum Gasteiger partial charge on any atom is -0.350 e. The van der Waals surface area contributed by atoms with E-state index < -0.39 is 11.5 Å². The highest BCUT2D eigenvalue weighted by Gasteiger charge is 2.25. The van der Waals surface area contributed by atoms with Gasteiger partial charge in [0.25, 0.3) is 0 Å². The predicted molar refractivity (Wildman–Crippen MR) is 118 cm³/mol. The van der Waals surface area contributed by atoms with Gasteiger partial charge in [-0.05, 0) is 43.3 Å². The van der Waals surface area contributed by atoms with Gasteiger partial charge in [0.2, 0.25) is 11.8 Å². The maximum Gasteiger partial charge on any atom is 0.242 e. The quantitative estimate of drug-likeness (QED) is 0.753. The van der Waals surface area contributed by atoms with E-state index in [-0.39, 0.29) is 11.8 Å². The Morgan fingerprint density at radius 1 is 1.00 bits per heavy atom. The molecule has 0 aliphatic heterocycles. The summed E-state index contributed by atoms with van der Waals surface area (Å²) in [6, 6.07) is 16.0. The lowest BCUT2D eigenvalue weighted by atomic mass is 9.95. The van der Waals surface area contributed by atoms with Crippen LogP contribution in [0.2, 0.25) is 0 Å². The monoisotopic (exact) mass is 395 g/mol. The Kier molecular flexibility index (Phi) is 7.57. The van der Waals surface area contributed by atoms with Crippen LogP contribution in [0.1, 0.15) is 38.8 Å². The fraction of sp³-hybridized carbons (Fsp3) is 0.417. The van der Waals surface area contributed by atoms with Crippen molar-refractivity contribution in [3.8, 4) is 11.1 Å². The molecule has 0 saturated carbocycles. The average Bonchev–Trinajstić information content (AvgIpc) is 2.65. The van der Waals surface area contributed by atoms with Gasteiger partial charge >= 0.3 is 0 Å². The first kappa shape index (κ1) is 22.6. The van der Waals surface area contributed by atoms with Crippen molar-refractivity contribution >= 4 is 11.8 Å². The lowest BCUT2D eigenvalue weighted by Crippen LogP contribution is -2.48. The van der Waals surface area contributed by atoms with Gasteiger partial charge in [-0.15, -0.1) is 0 Å². The molecule has 0 aliphatic carbocycles. The van der Waals surface area contributed by atoms with E-state index in [1.54, 1.807) is 6.92 Å². The predicted octanol–water partition coefficient (Wildman–Crippen LogP) is 3.58. The molecule has 2 amide bonds. The zero-order valence-corrected chi connectivity index (χ0v) is 18.4. The van der Waals surface area contributed by atoms with Gasteiger partial charge in [-0.2, -0.15) is 0 Å². The molecule has 0 radical (unpaired) electrons. The van der Waals surface area contributed by atoms with Gasteiger partial charge in [-0.3, -0.25) is 9.59 Å². The zero-order chi connectivity index (χ0) is 21.6. The second-order valence-electron chi connectivity index (χ2n) is 8.75. The summed E-state index contributed by atoms with van der Waals surface area (Å²) in [4.78, 5) is 26.7. The topological polar surface area (TPSA) is 61.4 Å². The van der Waals surface area contributed by atoms with E-state index in [0.717, 1.165) is 23.2 Å². The number of rotatable bonds is 7. The molecule has 2 aromatic rings. The lowest BCUT2D eigenvalue weighted by Gasteiger charge is -2.21. The number of hydrogen-bond acceptors (Lipinski definition) is 3. The smallest absolute Gasteiger partial charge is 0.242 e. The first-order valence-corrected chi connectivity index (χ1v) is 9.98. The molecule has 5 nitrogen and oxygen atoms in total. The van der Waals surface area contributed by atoms with Crippen molar-refractivity contribution in [1.82, 2.24) is 15.5 Å². The Hall–Kier alpha value is -2.66. The second-order valence-corrected chi connectivity index (χ2v) is 8.75. The highest BCUT2D eigenvalue weighted by molar-refractivity contribution is 5.89. The summed E-state index contributed by atoms with van der Waals surface area (Å²) >= 11 is 0. The van der Waals surface area contributed by atoms with Gasteiger partial charge in [-0.1, -0.05) is 69.3 Å². The molecule has 0 fully saturated rings. The van der Waals surface area contributed by atoms with Gasteiger partial charge in [0, 0.05) is 18.5 Å². The number of benzene rings is 2. The molecule has 156 valence electrons. The molecule has 0 aliphatic rings. The largest absolute Gasteiger partial charge is 0.350 e. The molecule has 0 heterocycles. The summed E-state index contributed by atoms with van der Waals surface area (Å²) in [7, 11) is 4.10. The van der Waals surface area contributed by atoms with E-state index in [4.69, 9.17) is 0 Å². The van der Waals surface area contributed by atoms with Crippen LogP contribution < -0.4 is 10.6 Å². The molecule has 2 rings (SSSR count). The Labute approximate surface area is 174 Å².